The van der Waals surface area contributed by atoms with E-state index in [1.54, 1.807) is 17.7 Å². The lowest BCUT2D eigenvalue weighted by Crippen LogP contribution is -2.11. The van der Waals surface area contributed by atoms with Gasteiger partial charge in [-0.25, -0.2) is 0 Å². The zero-order valence-corrected chi connectivity index (χ0v) is 12.5. The van der Waals surface area contributed by atoms with Gasteiger partial charge >= 0.3 is 0 Å². The van der Waals surface area contributed by atoms with E-state index in [1.165, 1.54) is 0 Å². The van der Waals surface area contributed by atoms with Gasteiger partial charge in [0.25, 0.3) is 0 Å². The van der Waals surface area contributed by atoms with Crippen LogP contribution in [0.5, 0.6) is 5.75 Å². The lowest BCUT2D eigenvalue weighted by atomic mass is 10.0. The Hall–Kier alpha value is -2.07. The Morgan fingerprint density at radius 1 is 1.38 bits per heavy atom. The van der Waals surface area contributed by atoms with Crippen molar-refractivity contribution in [3.8, 4) is 5.75 Å². The molecule has 0 unspecified atom stereocenters. The van der Waals surface area contributed by atoms with Crippen LogP contribution < -0.4 is 4.74 Å². The molecule has 21 heavy (non-hydrogen) atoms. The molecule has 1 aromatic carbocycles. The van der Waals surface area contributed by atoms with Crippen molar-refractivity contribution in [2.45, 2.75) is 20.0 Å². The minimum Gasteiger partial charge on any atom is -0.488 e. The second-order valence-electron chi connectivity index (χ2n) is 5.22. The predicted octanol–water partition coefficient (Wildman–Crippen LogP) is 2.76. The van der Waals surface area contributed by atoms with Crippen molar-refractivity contribution in [1.29, 1.82) is 0 Å². The molecule has 0 N–H and O–H groups in total. The van der Waals surface area contributed by atoms with E-state index in [0.717, 1.165) is 11.1 Å². The van der Waals surface area contributed by atoms with Crippen LogP contribution in [-0.2, 0) is 24.9 Å². The van der Waals surface area contributed by atoms with Crippen LogP contribution in [0, 0.1) is 6.92 Å². The number of ether oxygens (including phenoxy) is 1. The van der Waals surface area contributed by atoms with Gasteiger partial charge in [-0.15, -0.1) is 0 Å². The fraction of sp³-hybridized carbons (Fsp3) is 0.250. The zero-order chi connectivity index (χ0) is 15.1. The lowest BCUT2D eigenvalue weighted by molar-refractivity contribution is -0.111. The molecule has 0 bridgehead atoms. The Morgan fingerprint density at radius 2 is 2.14 bits per heavy atom. The number of nitrogens with zero attached hydrogens (tertiary/aromatic N) is 1. The molecule has 0 radical (unpaired) electrons. The Labute approximate surface area is 127 Å². The van der Waals surface area contributed by atoms with Crippen LogP contribution >= 0.6 is 11.6 Å². The van der Waals surface area contributed by atoms with Crippen LogP contribution in [0.15, 0.2) is 24.3 Å². The molecular weight excluding hydrogens is 290 g/mol. The minimum atomic E-state index is -0.449. The van der Waals surface area contributed by atoms with Gasteiger partial charge in [0.15, 0.2) is 0 Å². The largest absolute Gasteiger partial charge is 0.488 e. The Balaban J connectivity index is 2.12. The first-order valence-electron chi connectivity index (χ1n) is 6.61. The maximum atomic E-state index is 12.7. The van der Waals surface area contributed by atoms with Gasteiger partial charge in [-0.3, -0.25) is 9.59 Å². The molecule has 0 aliphatic carbocycles. The monoisotopic (exact) mass is 303 g/mol. The highest BCUT2D eigenvalue weighted by molar-refractivity contribution is 6.63. The number of hydrogen-bond donors (Lipinski definition) is 0. The van der Waals surface area contributed by atoms with E-state index in [1.807, 2.05) is 25.1 Å². The van der Waals surface area contributed by atoms with Crippen LogP contribution in [0.2, 0.25) is 0 Å². The molecule has 1 aliphatic heterocycles. The molecule has 108 valence electrons. The first-order chi connectivity index (χ1) is 9.97. The first kappa shape index (κ1) is 13.9. The number of hydrogen-bond acceptors (Lipinski definition) is 3. The van der Waals surface area contributed by atoms with Gasteiger partial charge in [0, 0.05) is 18.3 Å². The number of rotatable bonds is 2. The molecule has 0 spiro atoms. The summed E-state index contributed by atoms with van der Waals surface area (Å²) in [5, 5.41) is -0.449. The molecule has 1 aliphatic rings. The van der Waals surface area contributed by atoms with E-state index >= 15 is 0 Å². The van der Waals surface area contributed by atoms with Crippen molar-refractivity contribution >= 4 is 22.6 Å². The van der Waals surface area contributed by atoms with Crippen molar-refractivity contribution in [3.63, 3.8) is 0 Å². The number of halogens is 1. The number of carbonyl (C=O) groups is 2. The summed E-state index contributed by atoms with van der Waals surface area (Å²) in [6.45, 7) is 2.26. The fourth-order valence-corrected chi connectivity index (χ4v) is 2.80. The molecule has 2 heterocycles. The van der Waals surface area contributed by atoms with Crippen LogP contribution in [-0.4, -0.2) is 15.6 Å². The lowest BCUT2D eigenvalue weighted by Gasteiger charge is -2.08. The third kappa shape index (κ3) is 2.36. The van der Waals surface area contributed by atoms with E-state index in [9.17, 15) is 9.59 Å². The van der Waals surface area contributed by atoms with E-state index in [4.69, 9.17) is 16.3 Å². The van der Waals surface area contributed by atoms with E-state index in [2.05, 4.69) is 0 Å². The first-order valence-corrected chi connectivity index (χ1v) is 6.99. The van der Waals surface area contributed by atoms with E-state index in [-0.39, 0.29) is 12.2 Å². The molecule has 4 nitrogen and oxygen atoms in total. The summed E-state index contributed by atoms with van der Waals surface area (Å²) in [6, 6.07) is 7.34. The Morgan fingerprint density at radius 3 is 2.86 bits per heavy atom. The van der Waals surface area contributed by atoms with Crippen molar-refractivity contribution in [2.75, 3.05) is 0 Å². The minimum absolute atomic E-state index is 0.0896. The van der Waals surface area contributed by atoms with Gasteiger partial charge < -0.3 is 9.30 Å². The highest BCUT2D eigenvalue weighted by Gasteiger charge is 2.27. The third-order valence-corrected chi connectivity index (χ3v) is 3.84. The van der Waals surface area contributed by atoms with Gasteiger partial charge in [-0.1, -0.05) is 6.07 Å². The quantitative estimate of drug-likeness (QED) is 0.802. The summed E-state index contributed by atoms with van der Waals surface area (Å²) in [4.78, 5) is 23.8. The third-order valence-electron chi connectivity index (χ3n) is 3.71. The topological polar surface area (TPSA) is 48.3 Å². The summed E-state index contributed by atoms with van der Waals surface area (Å²) in [5.74, 6) is 0.513. The van der Waals surface area contributed by atoms with Gasteiger partial charge in [0.05, 0.1) is 17.7 Å². The van der Waals surface area contributed by atoms with Crippen LogP contribution in [0.4, 0.5) is 0 Å². The van der Waals surface area contributed by atoms with Crippen LogP contribution in [0.25, 0.3) is 0 Å². The van der Waals surface area contributed by atoms with Crippen molar-refractivity contribution in [3.05, 3.63) is 52.3 Å². The van der Waals surface area contributed by atoms with Crippen LogP contribution in [0.3, 0.4) is 0 Å². The Kier molecular flexibility index (Phi) is 3.33. The molecule has 0 saturated carbocycles. The number of benzene rings is 1. The molecule has 5 heteroatoms. The van der Waals surface area contributed by atoms with Gasteiger partial charge in [-0.2, -0.15) is 0 Å². The number of fused-ring (bicyclic) bond motifs is 2. The maximum Gasteiger partial charge on any atom is 0.227 e. The van der Waals surface area contributed by atoms with Crippen molar-refractivity contribution < 1.29 is 14.3 Å². The van der Waals surface area contributed by atoms with Gasteiger partial charge in [-0.05, 0) is 42.3 Å². The number of carbonyl (C=O) groups excluding carboxylic acids is 2. The molecule has 2 aromatic rings. The smallest absolute Gasteiger partial charge is 0.227 e. The molecule has 3 rings (SSSR count). The maximum absolute atomic E-state index is 12.7. The standard InChI is InChI=1S/C16H14ClNO3/c1-9-3-4-12-13(5-9)21-8-10-6-11(7-14(17)19)18(2)15(10)16(12)20/h3-6H,7-8H2,1-2H3. The zero-order valence-electron chi connectivity index (χ0n) is 11.8. The summed E-state index contributed by atoms with van der Waals surface area (Å²) in [6.07, 6.45) is 0.0963. The van der Waals surface area contributed by atoms with Crippen molar-refractivity contribution in [1.82, 2.24) is 4.57 Å². The summed E-state index contributed by atoms with van der Waals surface area (Å²) >= 11 is 5.45. The number of ketones is 1. The average molecular weight is 304 g/mol. The average Bonchev–Trinajstić information content (AvgIpc) is 2.64. The van der Waals surface area contributed by atoms with E-state index < -0.39 is 5.24 Å². The molecule has 1 aromatic heterocycles. The Bertz CT molecular complexity index is 761. The molecule has 0 amide bonds. The summed E-state index contributed by atoms with van der Waals surface area (Å²) < 4.78 is 7.48. The number of aromatic nitrogens is 1. The SMILES string of the molecule is Cc1ccc2c(c1)OCc1cc(CC(=O)Cl)n(C)c1C2=O. The van der Waals surface area contributed by atoms with Crippen LogP contribution in [0.1, 0.15) is 32.9 Å². The molecule has 0 atom stereocenters. The van der Waals surface area contributed by atoms with Gasteiger partial charge in [0.2, 0.25) is 11.0 Å². The van der Waals surface area contributed by atoms with E-state index in [0.29, 0.717) is 29.3 Å². The number of aryl methyl sites for hydroxylation is 1. The fourth-order valence-electron chi connectivity index (χ4n) is 2.67. The van der Waals surface area contributed by atoms with Gasteiger partial charge in [0.1, 0.15) is 12.4 Å². The second kappa shape index (κ2) is 5.04. The predicted molar refractivity (Wildman–Crippen MR) is 78.9 cm³/mol. The normalized spacial score (nSPS) is 13.2. The van der Waals surface area contributed by atoms with Crippen molar-refractivity contribution in [2.24, 2.45) is 7.05 Å². The summed E-state index contributed by atoms with van der Waals surface area (Å²) in [5.41, 5.74) is 3.65. The molecular formula is C16H14ClNO3. The second-order valence-corrected chi connectivity index (χ2v) is 5.64. The molecule has 0 saturated heterocycles. The highest BCUT2D eigenvalue weighted by atomic mass is 35.5. The highest BCUT2D eigenvalue weighted by Crippen LogP contribution is 2.30. The summed E-state index contributed by atoms with van der Waals surface area (Å²) in [7, 11) is 1.77. The molecule has 0 fully saturated rings.